The molecular formula is C20H33IN6O2. The lowest BCUT2D eigenvalue weighted by Gasteiger charge is -2.21. The molecule has 29 heavy (non-hydrogen) atoms. The van der Waals surface area contributed by atoms with Crippen LogP contribution in [-0.4, -0.2) is 67.1 Å². The smallest absolute Gasteiger partial charge is 0.190 e. The second-order valence-electron chi connectivity index (χ2n) is 7.06. The Morgan fingerprint density at radius 3 is 2.79 bits per heavy atom. The van der Waals surface area contributed by atoms with Gasteiger partial charge in [-0.2, -0.15) is 0 Å². The predicted octanol–water partition coefficient (Wildman–Crippen LogP) is 2.28. The fourth-order valence-electron chi connectivity index (χ4n) is 3.28. The number of ether oxygens (including phenoxy) is 2. The molecule has 8 nitrogen and oxygen atoms in total. The van der Waals surface area contributed by atoms with Crippen molar-refractivity contribution in [3.63, 3.8) is 0 Å². The molecule has 0 atom stereocenters. The number of nitrogens with zero attached hydrogens (tertiary/aromatic N) is 4. The molecule has 2 aromatic rings. The van der Waals surface area contributed by atoms with Crippen LogP contribution in [0.15, 0.2) is 29.4 Å². The van der Waals surface area contributed by atoms with E-state index in [1.54, 1.807) is 7.05 Å². The lowest BCUT2D eigenvalue weighted by molar-refractivity contribution is 0.0203. The highest BCUT2D eigenvalue weighted by Gasteiger charge is 2.13. The SMILES string of the molecule is CN=C(NCCCOCC1CCOCC1)NCCCc1nnc2ccccn12.I. The first-order chi connectivity index (χ1) is 13.9. The summed E-state index contributed by atoms with van der Waals surface area (Å²) in [6, 6.07) is 5.94. The molecule has 0 saturated carbocycles. The molecule has 9 heteroatoms. The number of aromatic nitrogens is 3. The summed E-state index contributed by atoms with van der Waals surface area (Å²) in [4.78, 5) is 4.27. The van der Waals surface area contributed by atoms with Crippen LogP contribution in [0.2, 0.25) is 0 Å². The van der Waals surface area contributed by atoms with Crippen molar-refractivity contribution in [3.8, 4) is 0 Å². The Morgan fingerprint density at radius 2 is 2.00 bits per heavy atom. The number of rotatable bonds is 10. The van der Waals surface area contributed by atoms with E-state index in [0.717, 1.165) is 89.1 Å². The Kier molecular flexibility index (Phi) is 11.3. The van der Waals surface area contributed by atoms with E-state index in [1.807, 2.05) is 28.8 Å². The van der Waals surface area contributed by atoms with Gasteiger partial charge in [-0.15, -0.1) is 34.2 Å². The van der Waals surface area contributed by atoms with Gasteiger partial charge in [0.25, 0.3) is 0 Å². The third kappa shape index (κ3) is 8.06. The van der Waals surface area contributed by atoms with Crippen LogP contribution in [0.1, 0.15) is 31.5 Å². The van der Waals surface area contributed by atoms with E-state index >= 15 is 0 Å². The number of pyridine rings is 1. The van der Waals surface area contributed by atoms with E-state index in [9.17, 15) is 0 Å². The summed E-state index contributed by atoms with van der Waals surface area (Å²) in [5.74, 6) is 2.48. The molecule has 0 spiro atoms. The number of hydrogen-bond acceptors (Lipinski definition) is 5. The van der Waals surface area contributed by atoms with Gasteiger partial charge in [-0.1, -0.05) is 6.07 Å². The van der Waals surface area contributed by atoms with Gasteiger partial charge in [0.1, 0.15) is 5.82 Å². The molecule has 1 aliphatic rings. The second-order valence-corrected chi connectivity index (χ2v) is 7.06. The largest absolute Gasteiger partial charge is 0.381 e. The van der Waals surface area contributed by atoms with Crippen molar-refractivity contribution in [2.24, 2.45) is 10.9 Å². The van der Waals surface area contributed by atoms with Gasteiger partial charge in [-0.25, -0.2) is 0 Å². The van der Waals surface area contributed by atoms with Gasteiger partial charge >= 0.3 is 0 Å². The highest BCUT2D eigenvalue weighted by atomic mass is 127. The molecule has 0 aromatic carbocycles. The molecule has 1 fully saturated rings. The Labute approximate surface area is 189 Å². The molecule has 0 unspecified atom stereocenters. The Balaban J connectivity index is 0.00000300. The van der Waals surface area contributed by atoms with Crippen LogP contribution in [0, 0.1) is 5.92 Å². The van der Waals surface area contributed by atoms with Crippen LogP contribution < -0.4 is 10.6 Å². The van der Waals surface area contributed by atoms with Gasteiger partial charge in [0.15, 0.2) is 11.6 Å². The van der Waals surface area contributed by atoms with E-state index in [2.05, 4.69) is 25.8 Å². The van der Waals surface area contributed by atoms with Crippen molar-refractivity contribution in [1.82, 2.24) is 25.2 Å². The minimum atomic E-state index is 0. The zero-order valence-corrected chi connectivity index (χ0v) is 19.5. The number of hydrogen-bond donors (Lipinski definition) is 2. The normalized spacial score (nSPS) is 15.3. The molecule has 1 aliphatic heterocycles. The number of guanidine groups is 1. The monoisotopic (exact) mass is 516 g/mol. The predicted molar refractivity (Wildman–Crippen MR) is 125 cm³/mol. The number of aliphatic imine (C=N–C) groups is 1. The minimum Gasteiger partial charge on any atom is -0.381 e. The van der Waals surface area contributed by atoms with Gasteiger partial charge < -0.3 is 20.1 Å². The quantitative estimate of drug-likeness (QED) is 0.218. The van der Waals surface area contributed by atoms with Crippen LogP contribution in [0.25, 0.3) is 5.65 Å². The summed E-state index contributed by atoms with van der Waals surface area (Å²) in [7, 11) is 1.79. The van der Waals surface area contributed by atoms with E-state index < -0.39 is 0 Å². The summed E-state index contributed by atoms with van der Waals surface area (Å²) in [5, 5.41) is 15.1. The van der Waals surface area contributed by atoms with Gasteiger partial charge in [-0.05, 0) is 43.7 Å². The van der Waals surface area contributed by atoms with Crippen LogP contribution in [0.4, 0.5) is 0 Å². The first-order valence-electron chi connectivity index (χ1n) is 10.3. The van der Waals surface area contributed by atoms with Crippen molar-refractivity contribution >= 4 is 35.6 Å². The molecule has 0 amide bonds. The third-order valence-electron chi connectivity index (χ3n) is 4.93. The molecular weight excluding hydrogens is 483 g/mol. The van der Waals surface area contributed by atoms with Crippen molar-refractivity contribution in [2.75, 3.05) is 46.6 Å². The summed E-state index contributed by atoms with van der Waals surface area (Å²) >= 11 is 0. The van der Waals surface area contributed by atoms with Gasteiger partial charge in [0.2, 0.25) is 0 Å². The van der Waals surface area contributed by atoms with E-state index in [4.69, 9.17) is 9.47 Å². The Bertz CT molecular complexity index is 733. The zero-order chi connectivity index (χ0) is 19.4. The number of nitrogens with one attached hydrogen (secondary N) is 2. The molecule has 1 saturated heterocycles. The average molecular weight is 516 g/mol. The van der Waals surface area contributed by atoms with Crippen LogP contribution in [0.5, 0.6) is 0 Å². The molecule has 162 valence electrons. The topological polar surface area (TPSA) is 85.1 Å². The van der Waals surface area contributed by atoms with E-state index in [1.165, 1.54) is 0 Å². The molecule has 2 aromatic heterocycles. The van der Waals surface area contributed by atoms with Crippen molar-refractivity contribution in [1.29, 1.82) is 0 Å². The minimum absolute atomic E-state index is 0. The van der Waals surface area contributed by atoms with Crippen LogP contribution in [0.3, 0.4) is 0 Å². The maximum atomic E-state index is 5.79. The molecule has 3 heterocycles. The fourth-order valence-corrected chi connectivity index (χ4v) is 3.28. The fraction of sp³-hybridized carbons (Fsp3) is 0.650. The van der Waals surface area contributed by atoms with E-state index in [-0.39, 0.29) is 24.0 Å². The molecule has 0 bridgehead atoms. The average Bonchev–Trinajstić information content (AvgIpc) is 3.16. The van der Waals surface area contributed by atoms with Crippen LogP contribution in [-0.2, 0) is 15.9 Å². The lowest BCUT2D eigenvalue weighted by Crippen LogP contribution is -2.38. The van der Waals surface area contributed by atoms with Crippen molar-refractivity contribution in [2.45, 2.75) is 32.1 Å². The van der Waals surface area contributed by atoms with E-state index in [0.29, 0.717) is 5.92 Å². The zero-order valence-electron chi connectivity index (χ0n) is 17.2. The standard InChI is InChI=1S/C20H32N6O2.HI/c1-21-20(23-11-5-13-28-16-17-8-14-27-15-9-17)22-10-4-7-19-25-24-18-6-2-3-12-26(18)19;/h2-3,6,12,17H,4-5,7-11,13-16H2,1H3,(H2,21,22,23);1H. The molecule has 0 aliphatic carbocycles. The number of aryl methyl sites for hydroxylation is 1. The van der Waals surface area contributed by atoms with Gasteiger partial charge in [-0.3, -0.25) is 9.39 Å². The maximum Gasteiger partial charge on any atom is 0.190 e. The second kappa shape index (κ2) is 13.7. The number of fused-ring (bicyclic) bond motifs is 1. The van der Waals surface area contributed by atoms with Crippen LogP contribution >= 0.6 is 24.0 Å². The first kappa shape index (κ1) is 23.8. The highest BCUT2D eigenvalue weighted by Crippen LogP contribution is 2.14. The lowest BCUT2D eigenvalue weighted by atomic mass is 10.0. The number of halogens is 1. The summed E-state index contributed by atoms with van der Waals surface area (Å²) in [6.07, 6.45) is 7.05. The Morgan fingerprint density at radius 1 is 1.21 bits per heavy atom. The summed E-state index contributed by atoms with van der Waals surface area (Å²) in [5.41, 5.74) is 0.891. The summed E-state index contributed by atoms with van der Waals surface area (Å²) < 4.78 is 13.2. The molecule has 3 rings (SSSR count). The van der Waals surface area contributed by atoms with Crippen molar-refractivity contribution in [3.05, 3.63) is 30.2 Å². The summed E-state index contributed by atoms with van der Waals surface area (Å²) in [6.45, 7) is 5.08. The Hall–Kier alpha value is -1.46. The highest BCUT2D eigenvalue weighted by molar-refractivity contribution is 14.0. The molecule has 0 radical (unpaired) electrons. The van der Waals surface area contributed by atoms with Gasteiger partial charge in [0, 0.05) is 59.2 Å². The maximum absolute atomic E-state index is 5.79. The molecule has 2 N–H and O–H groups in total. The van der Waals surface area contributed by atoms with Gasteiger partial charge in [0.05, 0.1) is 0 Å². The van der Waals surface area contributed by atoms with Crippen molar-refractivity contribution < 1.29 is 9.47 Å². The third-order valence-corrected chi connectivity index (χ3v) is 4.93. The first-order valence-corrected chi connectivity index (χ1v) is 10.3.